The molecular formula is C12H14FN3O2S. The smallest absolute Gasteiger partial charge is 0.188 e. The van der Waals surface area contributed by atoms with Gasteiger partial charge in [0.05, 0.1) is 0 Å². The molecule has 0 radical (unpaired) electrons. The lowest BCUT2D eigenvalue weighted by Crippen LogP contribution is -2.11. The van der Waals surface area contributed by atoms with Gasteiger partial charge in [0.2, 0.25) is 0 Å². The molecule has 102 valence electrons. The first-order chi connectivity index (χ1) is 8.95. The second-order valence-corrected chi connectivity index (χ2v) is 6.09. The van der Waals surface area contributed by atoms with Gasteiger partial charge in [0.15, 0.2) is 9.84 Å². The van der Waals surface area contributed by atoms with Gasteiger partial charge in [-0.2, -0.15) is 0 Å². The first-order valence-corrected chi connectivity index (χ1v) is 7.45. The van der Waals surface area contributed by atoms with E-state index in [1.165, 1.54) is 18.2 Å². The summed E-state index contributed by atoms with van der Waals surface area (Å²) in [5.74, 6) is -0.114. The second kappa shape index (κ2) is 5.08. The minimum absolute atomic E-state index is 0.306. The van der Waals surface area contributed by atoms with Crippen molar-refractivity contribution < 1.29 is 12.8 Å². The van der Waals surface area contributed by atoms with Crippen molar-refractivity contribution in [2.75, 3.05) is 0 Å². The number of hydrogen-bond donors (Lipinski definition) is 0. The molecule has 0 saturated heterocycles. The average Bonchev–Trinajstić information content (AvgIpc) is 2.70. The Kier molecular flexibility index (Phi) is 3.66. The predicted molar refractivity (Wildman–Crippen MR) is 67.7 cm³/mol. The van der Waals surface area contributed by atoms with Crippen LogP contribution in [0.5, 0.6) is 0 Å². The van der Waals surface area contributed by atoms with Gasteiger partial charge in [-0.25, -0.2) is 12.8 Å². The summed E-state index contributed by atoms with van der Waals surface area (Å²) in [6, 6.07) is 5.32. The average molecular weight is 283 g/mol. The van der Waals surface area contributed by atoms with Crippen molar-refractivity contribution in [1.82, 2.24) is 14.8 Å². The number of sulfone groups is 1. The monoisotopic (exact) mass is 283 g/mol. The lowest BCUT2D eigenvalue weighted by Gasteiger charge is -2.05. The van der Waals surface area contributed by atoms with Crippen molar-refractivity contribution in [2.45, 2.75) is 24.0 Å². The molecule has 0 fully saturated rings. The van der Waals surface area contributed by atoms with Crippen molar-refractivity contribution >= 4 is 9.84 Å². The van der Waals surface area contributed by atoms with Gasteiger partial charge >= 0.3 is 0 Å². The fourth-order valence-corrected chi connectivity index (χ4v) is 3.17. The summed E-state index contributed by atoms with van der Waals surface area (Å²) in [6.45, 7) is 1.90. The predicted octanol–water partition coefficient (Wildman–Crippen LogP) is 1.49. The first-order valence-electron chi connectivity index (χ1n) is 5.80. The molecule has 0 spiro atoms. The number of benzene rings is 1. The number of aromatic nitrogens is 3. The highest BCUT2D eigenvalue weighted by Gasteiger charge is 2.22. The molecular weight excluding hydrogens is 269 g/mol. The van der Waals surface area contributed by atoms with Gasteiger partial charge in [0.1, 0.15) is 28.1 Å². The van der Waals surface area contributed by atoms with E-state index in [4.69, 9.17) is 0 Å². The quantitative estimate of drug-likeness (QED) is 0.852. The molecule has 0 aliphatic carbocycles. The van der Waals surface area contributed by atoms with Gasteiger partial charge in [0, 0.05) is 13.5 Å². The zero-order chi connectivity index (χ0) is 14.0. The van der Waals surface area contributed by atoms with Gasteiger partial charge in [-0.15, -0.1) is 10.2 Å². The lowest BCUT2D eigenvalue weighted by atomic mass is 10.3. The van der Waals surface area contributed by atoms with Crippen LogP contribution in [0.3, 0.4) is 0 Å². The maximum atomic E-state index is 13.5. The van der Waals surface area contributed by atoms with Gasteiger partial charge in [-0.3, -0.25) is 0 Å². The molecule has 0 N–H and O–H groups in total. The summed E-state index contributed by atoms with van der Waals surface area (Å²) in [5, 5.41) is 7.73. The molecule has 0 unspecified atom stereocenters. The standard InChI is InChI=1S/C12H14FN3O2S/c1-3-11-14-15-12(16(11)2)8-19(17,18)10-7-5-4-6-9(10)13/h4-7H,3,8H2,1-2H3. The van der Waals surface area contributed by atoms with E-state index in [2.05, 4.69) is 10.2 Å². The zero-order valence-corrected chi connectivity index (χ0v) is 11.5. The van der Waals surface area contributed by atoms with E-state index in [0.717, 1.165) is 6.07 Å². The number of hydrogen-bond acceptors (Lipinski definition) is 4. The number of rotatable bonds is 4. The van der Waals surface area contributed by atoms with Crippen molar-refractivity contribution in [2.24, 2.45) is 7.05 Å². The van der Waals surface area contributed by atoms with Crippen molar-refractivity contribution in [1.29, 1.82) is 0 Å². The fraction of sp³-hybridized carbons (Fsp3) is 0.333. The highest BCUT2D eigenvalue weighted by molar-refractivity contribution is 7.90. The Labute approximate surface area is 111 Å². The summed E-state index contributed by atoms with van der Waals surface area (Å²) in [5.41, 5.74) is 0. The molecule has 1 aromatic carbocycles. The van der Waals surface area contributed by atoms with E-state index in [9.17, 15) is 12.8 Å². The van der Waals surface area contributed by atoms with E-state index in [-0.39, 0.29) is 10.6 Å². The van der Waals surface area contributed by atoms with Crippen LogP contribution in [0.15, 0.2) is 29.2 Å². The van der Waals surface area contributed by atoms with Crippen LogP contribution >= 0.6 is 0 Å². The maximum absolute atomic E-state index is 13.5. The Morgan fingerprint density at radius 2 is 1.84 bits per heavy atom. The lowest BCUT2D eigenvalue weighted by molar-refractivity contribution is 0.564. The van der Waals surface area contributed by atoms with Crippen molar-refractivity contribution in [3.05, 3.63) is 41.7 Å². The Balaban J connectivity index is 2.37. The van der Waals surface area contributed by atoms with Crippen LogP contribution in [0.1, 0.15) is 18.6 Å². The summed E-state index contributed by atoms with van der Waals surface area (Å²) in [6.07, 6.45) is 0.656. The third kappa shape index (κ3) is 2.65. The maximum Gasteiger partial charge on any atom is 0.188 e. The third-order valence-corrected chi connectivity index (χ3v) is 4.50. The number of aryl methyl sites for hydroxylation is 1. The van der Waals surface area contributed by atoms with E-state index in [1.807, 2.05) is 6.92 Å². The Morgan fingerprint density at radius 1 is 1.21 bits per heavy atom. The molecule has 0 atom stereocenters. The van der Waals surface area contributed by atoms with Crippen LogP contribution in [0.25, 0.3) is 0 Å². The van der Waals surface area contributed by atoms with Crippen LogP contribution in [0.2, 0.25) is 0 Å². The third-order valence-electron chi connectivity index (χ3n) is 2.86. The molecule has 19 heavy (non-hydrogen) atoms. The molecule has 2 aromatic rings. The van der Waals surface area contributed by atoms with Crippen molar-refractivity contribution in [3.8, 4) is 0 Å². The summed E-state index contributed by atoms with van der Waals surface area (Å²) in [7, 11) is -2.06. The molecule has 7 heteroatoms. The highest BCUT2D eigenvalue weighted by atomic mass is 32.2. The Bertz CT molecular complexity index is 695. The van der Waals surface area contributed by atoms with E-state index in [0.29, 0.717) is 18.1 Å². The van der Waals surface area contributed by atoms with Gasteiger partial charge < -0.3 is 4.57 Å². The highest BCUT2D eigenvalue weighted by Crippen LogP contribution is 2.18. The molecule has 0 saturated carbocycles. The second-order valence-electron chi connectivity index (χ2n) is 4.13. The Morgan fingerprint density at radius 3 is 2.42 bits per heavy atom. The molecule has 5 nitrogen and oxygen atoms in total. The van der Waals surface area contributed by atoms with E-state index < -0.39 is 15.7 Å². The SMILES string of the molecule is CCc1nnc(CS(=O)(=O)c2ccccc2F)n1C. The summed E-state index contributed by atoms with van der Waals surface area (Å²) < 4.78 is 39.5. The van der Waals surface area contributed by atoms with Gasteiger partial charge in [0.25, 0.3) is 0 Å². The van der Waals surface area contributed by atoms with Crippen LogP contribution in [-0.4, -0.2) is 23.2 Å². The summed E-state index contributed by atoms with van der Waals surface area (Å²) >= 11 is 0. The van der Waals surface area contributed by atoms with Crippen LogP contribution in [-0.2, 0) is 29.1 Å². The molecule has 0 aliphatic rings. The van der Waals surface area contributed by atoms with Crippen LogP contribution < -0.4 is 0 Å². The molecule has 0 aliphatic heterocycles. The fourth-order valence-electron chi connectivity index (χ4n) is 1.78. The normalized spacial score (nSPS) is 11.7. The molecule has 1 aromatic heterocycles. The first kappa shape index (κ1) is 13.7. The van der Waals surface area contributed by atoms with E-state index >= 15 is 0 Å². The minimum Gasteiger partial charge on any atom is -0.317 e. The molecule has 0 amide bonds. The minimum atomic E-state index is -3.76. The zero-order valence-electron chi connectivity index (χ0n) is 10.7. The molecule has 0 bridgehead atoms. The van der Waals surface area contributed by atoms with Gasteiger partial charge in [-0.1, -0.05) is 19.1 Å². The number of halogens is 1. The van der Waals surface area contributed by atoms with Crippen molar-refractivity contribution in [3.63, 3.8) is 0 Å². The van der Waals surface area contributed by atoms with Gasteiger partial charge in [-0.05, 0) is 12.1 Å². The number of nitrogens with zero attached hydrogens (tertiary/aromatic N) is 3. The topological polar surface area (TPSA) is 64.8 Å². The van der Waals surface area contributed by atoms with E-state index in [1.54, 1.807) is 11.6 Å². The van der Waals surface area contributed by atoms with Crippen LogP contribution in [0.4, 0.5) is 4.39 Å². The molecule has 2 rings (SSSR count). The largest absolute Gasteiger partial charge is 0.317 e. The molecule has 1 heterocycles. The Hall–Kier alpha value is -1.76. The van der Waals surface area contributed by atoms with Crippen LogP contribution in [0, 0.1) is 5.82 Å². The summed E-state index contributed by atoms with van der Waals surface area (Å²) in [4.78, 5) is -0.309.